The summed E-state index contributed by atoms with van der Waals surface area (Å²) < 4.78 is 5.11. The number of hydrogen-bond donors (Lipinski definition) is 1. The molecular weight excluding hydrogens is 402 g/mol. The third-order valence-electron chi connectivity index (χ3n) is 5.36. The van der Waals surface area contributed by atoms with Crippen molar-refractivity contribution in [1.82, 2.24) is 0 Å². The van der Waals surface area contributed by atoms with E-state index in [0.717, 1.165) is 48.2 Å². The van der Waals surface area contributed by atoms with Crippen LogP contribution in [0, 0.1) is 11.3 Å². The highest BCUT2D eigenvalue weighted by Gasteiger charge is 2.23. The molecule has 0 atom stereocenters. The summed E-state index contributed by atoms with van der Waals surface area (Å²) in [5, 5.41) is 12.7. The van der Waals surface area contributed by atoms with Crippen LogP contribution in [0.15, 0.2) is 24.3 Å². The van der Waals surface area contributed by atoms with Gasteiger partial charge in [0, 0.05) is 23.5 Å². The molecule has 2 aliphatic rings. The number of esters is 1. The zero-order chi connectivity index (χ0) is 21.1. The van der Waals surface area contributed by atoms with Crippen LogP contribution >= 0.6 is 11.3 Å². The van der Waals surface area contributed by atoms with Crippen LogP contribution in [0.25, 0.3) is 0 Å². The zero-order valence-electron chi connectivity index (χ0n) is 16.4. The van der Waals surface area contributed by atoms with Gasteiger partial charge in [0.15, 0.2) is 6.61 Å². The smallest absolute Gasteiger partial charge is 0.338 e. The molecule has 1 fully saturated rings. The van der Waals surface area contributed by atoms with E-state index in [2.05, 4.69) is 11.4 Å². The molecule has 30 heavy (non-hydrogen) atoms. The molecule has 8 heteroatoms. The minimum Gasteiger partial charge on any atom is -0.452 e. The van der Waals surface area contributed by atoms with Crippen molar-refractivity contribution in [2.75, 3.05) is 23.4 Å². The van der Waals surface area contributed by atoms with Gasteiger partial charge in [-0.05, 0) is 61.9 Å². The second-order valence-electron chi connectivity index (χ2n) is 7.35. The molecule has 1 aromatic carbocycles. The number of nitriles is 1. The van der Waals surface area contributed by atoms with Crippen LogP contribution in [-0.4, -0.2) is 30.9 Å². The van der Waals surface area contributed by atoms with E-state index in [4.69, 9.17) is 4.74 Å². The van der Waals surface area contributed by atoms with Crippen LogP contribution in [0.2, 0.25) is 0 Å². The maximum Gasteiger partial charge on any atom is 0.338 e. The summed E-state index contributed by atoms with van der Waals surface area (Å²) >= 11 is 1.43. The Bertz CT molecular complexity index is 1040. The number of nitrogens with one attached hydrogen (secondary N) is 1. The number of thiophene rings is 1. The number of rotatable bonds is 5. The molecular formula is C22H21N3O4S. The van der Waals surface area contributed by atoms with Crippen molar-refractivity contribution in [3.63, 3.8) is 0 Å². The van der Waals surface area contributed by atoms with E-state index in [0.29, 0.717) is 29.1 Å². The highest BCUT2D eigenvalue weighted by molar-refractivity contribution is 7.16. The maximum absolute atomic E-state index is 12.3. The Labute approximate surface area is 178 Å². The fourth-order valence-electron chi connectivity index (χ4n) is 3.85. The number of carbonyl (C=O) groups excluding carboxylic acids is 3. The molecule has 2 aromatic rings. The van der Waals surface area contributed by atoms with Gasteiger partial charge in [-0.3, -0.25) is 9.59 Å². The van der Waals surface area contributed by atoms with Gasteiger partial charge in [-0.2, -0.15) is 5.26 Å². The SMILES string of the molecule is N#Cc1c(NC(=O)COC(=O)c2ccc(N3CCCC3=O)cc2)sc2c1CCCC2. The van der Waals surface area contributed by atoms with Crippen molar-refractivity contribution in [3.05, 3.63) is 45.8 Å². The lowest BCUT2D eigenvalue weighted by atomic mass is 9.96. The highest BCUT2D eigenvalue weighted by Crippen LogP contribution is 2.37. The first-order chi connectivity index (χ1) is 14.6. The van der Waals surface area contributed by atoms with Crippen molar-refractivity contribution in [2.24, 2.45) is 0 Å². The van der Waals surface area contributed by atoms with E-state index >= 15 is 0 Å². The van der Waals surface area contributed by atoms with E-state index in [1.54, 1.807) is 29.2 Å². The lowest BCUT2D eigenvalue weighted by molar-refractivity contribution is -0.119. The van der Waals surface area contributed by atoms with Gasteiger partial charge in [-0.1, -0.05) is 0 Å². The normalized spacial score (nSPS) is 15.4. The summed E-state index contributed by atoms with van der Waals surface area (Å²) in [5.41, 5.74) is 2.62. The predicted molar refractivity (Wildman–Crippen MR) is 113 cm³/mol. The second-order valence-corrected chi connectivity index (χ2v) is 8.45. The predicted octanol–water partition coefficient (Wildman–Crippen LogP) is 3.42. The molecule has 1 saturated heterocycles. The van der Waals surface area contributed by atoms with Gasteiger partial charge in [0.25, 0.3) is 5.91 Å². The Balaban J connectivity index is 1.34. The summed E-state index contributed by atoms with van der Waals surface area (Å²) in [6.45, 7) is 0.248. The van der Waals surface area contributed by atoms with Crippen molar-refractivity contribution < 1.29 is 19.1 Å². The van der Waals surface area contributed by atoms with Crippen molar-refractivity contribution in [1.29, 1.82) is 5.26 Å². The molecule has 0 radical (unpaired) electrons. The summed E-state index contributed by atoms with van der Waals surface area (Å²) in [6, 6.07) is 8.77. The van der Waals surface area contributed by atoms with E-state index in [1.165, 1.54) is 11.3 Å². The number of aryl methyl sites for hydroxylation is 1. The number of anilines is 2. The topological polar surface area (TPSA) is 99.5 Å². The molecule has 0 spiro atoms. The average Bonchev–Trinajstić information content (AvgIpc) is 3.34. The Morgan fingerprint density at radius 2 is 1.90 bits per heavy atom. The number of nitrogens with zero attached hydrogens (tertiary/aromatic N) is 2. The quantitative estimate of drug-likeness (QED) is 0.743. The second kappa shape index (κ2) is 8.67. The van der Waals surface area contributed by atoms with E-state index in [9.17, 15) is 19.6 Å². The van der Waals surface area contributed by atoms with Crippen LogP contribution in [0.5, 0.6) is 0 Å². The summed E-state index contributed by atoms with van der Waals surface area (Å²) in [5.74, 6) is -1.01. The Hall–Kier alpha value is -3.18. The van der Waals surface area contributed by atoms with Crippen LogP contribution in [0.3, 0.4) is 0 Å². The van der Waals surface area contributed by atoms with Gasteiger partial charge < -0.3 is 15.0 Å². The monoisotopic (exact) mass is 423 g/mol. The summed E-state index contributed by atoms with van der Waals surface area (Å²) in [7, 11) is 0. The largest absolute Gasteiger partial charge is 0.452 e. The van der Waals surface area contributed by atoms with Gasteiger partial charge in [-0.25, -0.2) is 4.79 Å². The number of carbonyl (C=O) groups is 3. The van der Waals surface area contributed by atoms with E-state index in [-0.39, 0.29) is 5.91 Å². The number of amides is 2. The fourth-order valence-corrected chi connectivity index (χ4v) is 5.10. The van der Waals surface area contributed by atoms with Crippen molar-refractivity contribution in [3.8, 4) is 6.07 Å². The van der Waals surface area contributed by atoms with Crippen molar-refractivity contribution >= 4 is 39.8 Å². The number of fused-ring (bicyclic) bond motifs is 1. The lowest BCUT2D eigenvalue weighted by Crippen LogP contribution is -2.23. The van der Waals surface area contributed by atoms with Gasteiger partial charge in [0.05, 0.1) is 11.1 Å². The first-order valence-corrected chi connectivity index (χ1v) is 10.8. The molecule has 154 valence electrons. The van der Waals surface area contributed by atoms with Crippen LogP contribution in [-0.2, 0) is 27.2 Å². The third-order valence-corrected chi connectivity index (χ3v) is 6.57. The van der Waals surface area contributed by atoms with E-state index < -0.39 is 18.5 Å². The van der Waals surface area contributed by atoms with Gasteiger partial charge in [0.1, 0.15) is 11.1 Å². The minimum absolute atomic E-state index is 0.0778. The summed E-state index contributed by atoms with van der Waals surface area (Å²) in [6.07, 6.45) is 5.30. The zero-order valence-corrected chi connectivity index (χ0v) is 17.2. The molecule has 1 aliphatic heterocycles. The van der Waals surface area contributed by atoms with Crippen LogP contribution < -0.4 is 10.2 Å². The Morgan fingerprint density at radius 3 is 2.60 bits per heavy atom. The van der Waals surface area contributed by atoms with Crippen LogP contribution in [0.4, 0.5) is 10.7 Å². The molecule has 1 aliphatic carbocycles. The van der Waals surface area contributed by atoms with E-state index in [1.807, 2.05) is 0 Å². The third kappa shape index (κ3) is 4.07. The van der Waals surface area contributed by atoms with Crippen LogP contribution in [0.1, 0.15) is 52.0 Å². The molecule has 0 unspecified atom stereocenters. The summed E-state index contributed by atoms with van der Waals surface area (Å²) in [4.78, 5) is 39.2. The Kier molecular flexibility index (Phi) is 5.81. The highest BCUT2D eigenvalue weighted by atomic mass is 32.1. The molecule has 2 heterocycles. The number of ether oxygens (including phenoxy) is 1. The Morgan fingerprint density at radius 1 is 1.13 bits per heavy atom. The van der Waals surface area contributed by atoms with Crippen molar-refractivity contribution in [2.45, 2.75) is 38.5 Å². The molecule has 1 aromatic heterocycles. The van der Waals surface area contributed by atoms with Gasteiger partial charge >= 0.3 is 5.97 Å². The first-order valence-electron chi connectivity index (χ1n) is 9.99. The molecule has 0 bridgehead atoms. The minimum atomic E-state index is -0.615. The molecule has 0 saturated carbocycles. The lowest BCUT2D eigenvalue weighted by Gasteiger charge is -2.15. The fraction of sp³-hybridized carbons (Fsp3) is 0.364. The van der Waals surface area contributed by atoms with Gasteiger partial charge in [-0.15, -0.1) is 11.3 Å². The maximum atomic E-state index is 12.3. The molecule has 7 nitrogen and oxygen atoms in total. The molecule has 2 amide bonds. The first kappa shape index (κ1) is 20.1. The average molecular weight is 423 g/mol. The number of benzene rings is 1. The molecule has 1 N–H and O–H groups in total. The number of hydrogen-bond acceptors (Lipinski definition) is 6. The molecule has 4 rings (SSSR count). The standard InChI is InChI=1S/C22H21N3O4S/c23-12-17-16-4-1-2-5-18(16)30-21(17)24-19(26)13-29-22(28)14-7-9-15(10-8-14)25-11-3-6-20(25)27/h7-10H,1-6,11,13H2,(H,24,26). The van der Waals surface area contributed by atoms with Gasteiger partial charge in [0.2, 0.25) is 5.91 Å².